The number of rotatable bonds is 9. The van der Waals surface area contributed by atoms with Gasteiger partial charge in [0.25, 0.3) is 0 Å². The van der Waals surface area contributed by atoms with Crippen molar-refractivity contribution in [1.29, 1.82) is 0 Å². The van der Waals surface area contributed by atoms with E-state index in [1.54, 1.807) is 0 Å². The van der Waals surface area contributed by atoms with Crippen LogP contribution in [0.25, 0.3) is 0 Å². The Morgan fingerprint density at radius 1 is 1.03 bits per heavy atom. The molecule has 0 radical (unpaired) electrons. The topological polar surface area (TPSA) is 54.4 Å². The zero-order valence-corrected chi connectivity index (χ0v) is 18.1. The second kappa shape index (κ2) is 10.8. The van der Waals surface area contributed by atoms with Gasteiger partial charge in [-0.15, -0.1) is 0 Å². The van der Waals surface area contributed by atoms with Crippen molar-refractivity contribution in [2.45, 2.75) is 57.8 Å². The summed E-state index contributed by atoms with van der Waals surface area (Å²) in [7, 11) is 0. The lowest BCUT2D eigenvalue weighted by molar-refractivity contribution is -0.118. The molecule has 0 saturated carbocycles. The fraction of sp³-hybridized carbons (Fsp3) is 0.667. The van der Waals surface area contributed by atoms with Gasteiger partial charge in [-0.2, -0.15) is 0 Å². The van der Waals surface area contributed by atoms with Gasteiger partial charge < -0.3 is 19.4 Å². The van der Waals surface area contributed by atoms with Crippen LogP contribution in [-0.4, -0.2) is 56.1 Å². The van der Waals surface area contributed by atoms with Gasteiger partial charge in [-0.25, -0.2) is 0 Å². The van der Waals surface area contributed by atoms with Crippen LogP contribution in [-0.2, 0) is 20.8 Å². The number of fused-ring (bicyclic) bond motifs is 1. The Kier molecular flexibility index (Phi) is 7.62. The maximum Gasteiger partial charge on any atom is 0.229 e. The highest BCUT2D eigenvalue weighted by Crippen LogP contribution is 2.28. The van der Waals surface area contributed by atoms with Crippen LogP contribution in [0.5, 0.6) is 0 Å². The summed E-state index contributed by atoms with van der Waals surface area (Å²) in [4.78, 5) is 21.9. The Hall–Kier alpha value is -2.08. The van der Waals surface area contributed by atoms with E-state index in [-0.39, 0.29) is 5.91 Å². The lowest BCUT2D eigenvalue weighted by Crippen LogP contribution is -2.39. The Morgan fingerprint density at radius 3 is 2.73 bits per heavy atom. The van der Waals surface area contributed by atoms with E-state index in [1.165, 1.54) is 44.3 Å². The summed E-state index contributed by atoms with van der Waals surface area (Å²) in [5.41, 5.74) is 2.44. The number of oxime groups is 1. The number of para-hydroxylation sites is 1. The minimum atomic E-state index is 0.281. The van der Waals surface area contributed by atoms with Gasteiger partial charge in [0.15, 0.2) is 0 Å². The number of unbranched alkanes of at least 4 members (excludes halogenated alkanes) is 1. The fourth-order valence-corrected chi connectivity index (χ4v) is 4.81. The largest absolute Gasteiger partial charge is 0.479 e. The van der Waals surface area contributed by atoms with E-state index < -0.39 is 0 Å². The number of carbonyl (C=O) groups is 1. The zero-order valence-electron chi connectivity index (χ0n) is 18.1. The Bertz CT molecular complexity index is 728. The number of carbonyl (C=O) groups excluding carboxylic acids is 1. The second-order valence-electron chi connectivity index (χ2n) is 8.73. The fourth-order valence-electron chi connectivity index (χ4n) is 4.81. The number of ether oxygens (including phenoxy) is 1. The lowest BCUT2D eigenvalue weighted by Gasteiger charge is -2.33. The first kappa shape index (κ1) is 21.2. The Balaban J connectivity index is 1.09. The van der Waals surface area contributed by atoms with Gasteiger partial charge >= 0.3 is 0 Å². The minimum Gasteiger partial charge on any atom is -0.479 e. The summed E-state index contributed by atoms with van der Waals surface area (Å²) in [6, 6.07) is 8.36. The third-order valence-electron chi connectivity index (χ3n) is 6.60. The third-order valence-corrected chi connectivity index (χ3v) is 6.60. The summed E-state index contributed by atoms with van der Waals surface area (Å²) in [6.07, 6.45) is 9.63. The van der Waals surface area contributed by atoms with Gasteiger partial charge in [-0.05, 0) is 75.7 Å². The smallest absolute Gasteiger partial charge is 0.229 e. The first-order chi connectivity index (χ1) is 14.8. The Morgan fingerprint density at radius 2 is 1.90 bits per heavy atom. The highest BCUT2D eigenvalue weighted by molar-refractivity contribution is 5.96. The summed E-state index contributed by atoms with van der Waals surface area (Å²) >= 11 is 0. The molecule has 0 aliphatic carbocycles. The molecule has 0 spiro atoms. The lowest BCUT2D eigenvalue weighted by atomic mass is 9.91. The van der Waals surface area contributed by atoms with Crippen LogP contribution in [0.2, 0.25) is 0 Å². The van der Waals surface area contributed by atoms with Gasteiger partial charge in [0.2, 0.25) is 11.8 Å². The predicted octanol–water partition coefficient (Wildman–Crippen LogP) is 3.99. The van der Waals surface area contributed by atoms with Crippen LogP contribution in [0.3, 0.4) is 0 Å². The molecule has 0 atom stereocenters. The van der Waals surface area contributed by atoms with Crippen LogP contribution in [0.4, 0.5) is 5.69 Å². The molecule has 0 N–H and O–H groups in total. The molecule has 1 aromatic carbocycles. The molecule has 0 unspecified atom stereocenters. The molecule has 1 amide bonds. The Labute approximate surface area is 180 Å². The molecule has 1 fully saturated rings. The number of piperidine rings is 1. The molecular formula is C24H35N3O3. The molecule has 6 heteroatoms. The SMILES string of the molecule is O=C1CCc2ccccc2N1CCCN1CCC(CCCCOC2=NOCC2)CC1. The number of benzene rings is 1. The van der Waals surface area contributed by atoms with Crippen molar-refractivity contribution in [3.05, 3.63) is 29.8 Å². The molecule has 0 bridgehead atoms. The summed E-state index contributed by atoms with van der Waals surface area (Å²) < 4.78 is 5.62. The van der Waals surface area contributed by atoms with Gasteiger partial charge in [0, 0.05) is 18.7 Å². The molecule has 3 aliphatic rings. The average Bonchev–Trinajstić information content (AvgIpc) is 3.30. The van der Waals surface area contributed by atoms with E-state index in [0.29, 0.717) is 13.0 Å². The normalized spacial score (nSPS) is 20.1. The van der Waals surface area contributed by atoms with E-state index >= 15 is 0 Å². The van der Waals surface area contributed by atoms with Gasteiger partial charge in [-0.1, -0.05) is 29.8 Å². The standard InChI is InChI=1S/C24H35N3O3/c28-24-10-9-21-7-1-2-8-22(21)27(24)15-5-14-26-16-11-20(12-17-26)6-3-4-18-29-23-13-19-30-25-23/h1-2,7-8,20H,3-6,9-19H2. The maximum absolute atomic E-state index is 12.4. The first-order valence-electron chi connectivity index (χ1n) is 11.7. The number of amides is 1. The second-order valence-corrected chi connectivity index (χ2v) is 8.73. The van der Waals surface area contributed by atoms with Crippen molar-refractivity contribution >= 4 is 17.5 Å². The number of aryl methyl sites for hydroxylation is 1. The maximum atomic E-state index is 12.4. The molecular weight excluding hydrogens is 378 g/mol. The van der Waals surface area contributed by atoms with Gasteiger partial charge in [-0.3, -0.25) is 4.79 Å². The highest BCUT2D eigenvalue weighted by Gasteiger charge is 2.24. The molecule has 6 nitrogen and oxygen atoms in total. The molecule has 3 aliphatic heterocycles. The van der Waals surface area contributed by atoms with Crippen LogP contribution in [0.15, 0.2) is 29.4 Å². The van der Waals surface area contributed by atoms with Crippen molar-refractivity contribution < 1.29 is 14.4 Å². The van der Waals surface area contributed by atoms with E-state index in [1.807, 2.05) is 11.0 Å². The number of hydrogen-bond donors (Lipinski definition) is 0. The summed E-state index contributed by atoms with van der Waals surface area (Å²) in [6.45, 7) is 5.75. The summed E-state index contributed by atoms with van der Waals surface area (Å²) in [5.74, 6) is 1.89. The van der Waals surface area contributed by atoms with Crippen molar-refractivity contribution in [3.63, 3.8) is 0 Å². The van der Waals surface area contributed by atoms with Gasteiger partial charge in [0.1, 0.15) is 6.61 Å². The third kappa shape index (κ3) is 5.75. The molecule has 164 valence electrons. The van der Waals surface area contributed by atoms with E-state index in [4.69, 9.17) is 9.57 Å². The van der Waals surface area contributed by atoms with E-state index in [2.05, 4.69) is 28.3 Å². The molecule has 3 heterocycles. The average molecular weight is 414 g/mol. The molecule has 1 saturated heterocycles. The minimum absolute atomic E-state index is 0.281. The number of anilines is 1. The zero-order chi connectivity index (χ0) is 20.6. The van der Waals surface area contributed by atoms with Crippen LogP contribution < -0.4 is 4.90 Å². The highest BCUT2D eigenvalue weighted by atomic mass is 16.7. The van der Waals surface area contributed by atoms with Crippen molar-refractivity contribution in [2.75, 3.05) is 44.3 Å². The van der Waals surface area contributed by atoms with Crippen LogP contribution in [0.1, 0.15) is 56.9 Å². The summed E-state index contributed by atoms with van der Waals surface area (Å²) in [5, 5.41) is 3.87. The van der Waals surface area contributed by atoms with Gasteiger partial charge in [0.05, 0.1) is 13.0 Å². The number of likely N-dealkylation sites (tertiary alicyclic amines) is 1. The van der Waals surface area contributed by atoms with E-state index in [9.17, 15) is 4.79 Å². The molecule has 4 rings (SSSR count). The number of nitrogens with zero attached hydrogens (tertiary/aromatic N) is 3. The van der Waals surface area contributed by atoms with Crippen LogP contribution >= 0.6 is 0 Å². The monoisotopic (exact) mass is 413 g/mol. The molecule has 30 heavy (non-hydrogen) atoms. The van der Waals surface area contributed by atoms with Crippen LogP contribution in [0, 0.1) is 5.92 Å². The first-order valence-corrected chi connectivity index (χ1v) is 11.7. The number of hydrogen-bond acceptors (Lipinski definition) is 5. The van der Waals surface area contributed by atoms with Crippen molar-refractivity contribution in [2.24, 2.45) is 11.1 Å². The molecule has 1 aromatic rings. The quantitative estimate of drug-likeness (QED) is 0.575. The van der Waals surface area contributed by atoms with Crippen molar-refractivity contribution in [1.82, 2.24) is 4.90 Å². The molecule has 0 aromatic heterocycles. The van der Waals surface area contributed by atoms with Crippen molar-refractivity contribution in [3.8, 4) is 0 Å². The predicted molar refractivity (Wildman–Crippen MR) is 119 cm³/mol. The van der Waals surface area contributed by atoms with E-state index in [0.717, 1.165) is 62.9 Å².